The summed E-state index contributed by atoms with van der Waals surface area (Å²) in [4.78, 5) is 20.3. The maximum absolute atomic E-state index is 10.2. The Morgan fingerprint density at radius 2 is 1.04 bits per heavy atom. The molecule has 0 spiro atoms. The number of unbranched alkanes of at least 4 members (excludes halogenated alkanes) is 2. The Labute approximate surface area is 188 Å². The van der Waals surface area contributed by atoms with Crippen molar-refractivity contribution < 1.29 is 45.7 Å². The van der Waals surface area contributed by atoms with Crippen LogP contribution in [0.1, 0.15) is 39.5 Å². The van der Waals surface area contributed by atoms with Gasteiger partial charge in [0, 0.05) is 0 Å². The van der Waals surface area contributed by atoms with Gasteiger partial charge >= 0.3 is 37.7 Å². The minimum absolute atomic E-state index is 0. The van der Waals surface area contributed by atoms with Crippen LogP contribution in [0.5, 0.6) is 0 Å². The molecule has 13 heteroatoms. The first-order valence-corrected chi connectivity index (χ1v) is 10.5. The van der Waals surface area contributed by atoms with E-state index in [1.54, 1.807) is 0 Å². The van der Waals surface area contributed by atoms with Crippen molar-refractivity contribution in [3.8, 4) is 0 Å². The van der Waals surface area contributed by atoms with Crippen molar-refractivity contribution in [2.75, 3.05) is 11.5 Å². The van der Waals surface area contributed by atoms with Gasteiger partial charge in [-0.1, -0.05) is 12.2 Å². The second-order valence-corrected chi connectivity index (χ2v) is 8.35. The van der Waals surface area contributed by atoms with E-state index in [0.29, 0.717) is 12.8 Å². The molecule has 0 atom stereocenters. The number of allylic oxidation sites excluding steroid dienone is 2. The van der Waals surface area contributed by atoms with Gasteiger partial charge in [-0.15, -0.1) is 0 Å². The molecule has 152 valence electrons. The molecule has 0 aromatic heterocycles. The van der Waals surface area contributed by atoms with Crippen molar-refractivity contribution in [2.45, 2.75) is 39.5 Å². The zero-order chi connectivity index (χ0) is 21.0. The number of carbonyl (C=O) groups is 2. The zero-order valence-electron chi connectivity index (χ0n) is 15.1. The number of carbonyl (C=O) groups excluding carboxylic acids is 2. The van der Waals surface area contributed by atoms with Gasteiger partial charge in [0.05, 0.1) is 23.4 Å². The standard InChI is InChI=1S/2C7H12O5S.Ca/c2*1-6(7(8)9)4-2-3-5-13(10,11)12;/h2*4H,2-3,5H2,1H3,(H,8,9)(H,10,11,12);/q;;+2/p-2. The normalized spacial score (nSPS) is 12.4. The number of carboxylic acids is 2. The summed E-state index contributed by atoms with van der Waals surface area (Å²) in [5, 5.41) is 20.3. The van der Waals surface area contributed by atoms with Crippen molar-refractivity contribution in [3.63, 3.8) is 0 Å². The van der Waals surface area contributed by atoms with Crippen LogP contribution in [0.2, 0.25) is 0 Å². The fourth-order valence-electron chi connectivity index (χ4n) is 1.34. The third kappa shape index (κ3) is 25.5. The van der Waals surface area contributed by atoms with Crippen LogP contribution in [-0.4, -0.2) is 87.1 Å². The molecule has 0 saturated carbocycles. The van der Waals surface area contributed by atoms with Crippen molar-refractivity contribution in [2.24, 2.45) is 0 Å². The number of carboxylic acid groups (broad SMARTS) is 2. The van der Waals surface area contributed by atoms with Gasteiger partial charge in [-0.05, 0) is 50.7 Å². The van der Waals surface area contributed by atoms with Crippen LogP contribution in [0.3, 0.4) is 0 Å². The summed E-state index contributed by atoms with van der Waals surface area (Å²) in [6.07, 6.45) is 3.70. The Morgan fingerprint density at radius 3 is 1.22 bits per heavy atom. The molecule has 27 heavy (non-hydrogen) atoms. The predicted octanol–water partition coefficient (Wildman–Crippen LogP) is -1.68. The SMILES string of the molecule is CC(=CCCCS(=O)(=O)O)C(=O)[O-].CC(=CCCCS(=O)(=O)O)C(=O)[O-].[Ca+2]. The van der Waals surface area contributed by atoms with Crippen molar-refractivity contribution >= 4 is 69.9 Å². The first kappa shape index (κ1) is 31.2. The Hall–Kier alpha value is -0.500. The molecule has 0 rings (SSSR count). The van der Waals surface area contributed by atoms with E-state index in [-0.39, 0.29) is 73.2 Å². The third-order valence-electron chi connectivity index (χ3n) is 2.76. The monoisotopic (exact) mass is 454 g/mol. The number of aliphatic carboxylic acids is 2. The average molecular weight is 455 g/mol. The zero-order valence-corrected chi connectivity index (χ0v) is 18.9. The molecule has 0 unspecified atom stereocenters. The van der Waals surface area contributed by atoms with Crippen LogP contribution in [0.4, 0.5) is 0 Å². The number of hydrogen-bond donors (Lipinski definition) is 2. The molecule has 10 nitrogen and oxygen atoms in total. The minimum Gasteiger partial charge on any atom is -0.545 e. The van der Waals surface area contributed by atoms with E-state index in [2.05, 4.69) is 0 Å². The Balaban J connectivity index is -0.000000411. The second-order valence-electron chi connectivity index (χ2n) is 5.21. The van der Waals surface area contributed by atoms with Crippen LogP contribution in [-0.2, 0) is 29.8 Å². The molecular formula is C14H22CaO10S2. The van der Waals surface area contributed by atoms with Gasteiger partial charge in [0.1, 0.15) is 0 Å². The van der Waals surface area contributed by atoms with Crippen molar-refractivity contribution in [1.82, 2.24) is 0 Å². The summed E-state index contributed by atoms with van der Waals surface area (Å²) in [5.41, 5.74) is 0.130. The summed E-state index contributed by atoms with van der Waals surface area (Å²) in [6, 6.07) is 0. The topological polar surface area (TPSA) is 189 Å². The molecule has 0 aliphatic heterocycles. The van der Waals surface area contributed by atoms with Crippen LogP contribution < -0.4 is 10.2 Å². The quantitative estimate of drug-likeness (QED) is 0.167. The molecular weight excluding hydrogens is 432 g/mol. The van der Waals surface area contributed by atoms with Gasteiger partial charge in [-0.3, -0.25) is 9.11 Å². The van der Waals surface area contributed by atoms with Gasteiger partial charge < -0.3 is 19.8 Å². The molecule has 2 N–H and O–H groups in total. The predicted molar refractivity (Wildman–Crippen MR) is 94.6 cm³/mol. The van der Waals surface area contributed by atoms with E-state index in [9.17, 15) is 36.6 Å². The second kappa shape index (κ2) is 15.4. The molecule has 0 aromatic carbocycles. The summed E-state index contributed by atoms with van der Waals surface area (Å²) >= 11 is 0. The van der Waals surface area contributed by atoms with Crippen molar-refractivity contribution in [3.05, 3.63) is 23.3 Å². The Kier molecular flexibility index (Phi) is 17.8. The molecule has 0 aliphatic carbocycles. The molecule has 0 aliphatic rings. The smallest absolute Gasteiger partial charge is 0.545 e. The fourth-order valence-corrected chi connectivity index (χ4v) is 2.40. The molecule has 0 amide bonds. The van der Waals surface area contributed by atoms with E-state index in [4.69, 9.17) is 9.11 Å². The maximum Gasteiger partial charge on any atom is 2.00 e. The number of hydrogen-bond acceptors (Lipinski definition) is 8. The average Bonchev–Trinajstić information content (AvgIpc) is 2.46. The maximum atomic E-state index is 10.2. The van der Waals surface area contributed by atoms with E-state index < -0.39 is 32.2 Å². The van der Waals surface area contributed by atoms with Gasteiger partial charge in [-0.2, -0.15) is 16.8 Å². The van der Waals surface area contributed by atoms with Crippen LogP contribution in [0.15, 0.2) is 23.3 Å². The first-order chi connectivity index (χ1) is 11.7. The summed E-state index contributed by atoms with van der Waals surface area (Å²) in [7, 11) is -7.87. The molecule has 0 heterocycles. The van der Waals surface area contributed by atoms with Crippen LogP contribution >= 0.6 is 0 Å². The molecule has 0 saturated heterocycles. The molecule has 0 fully saturated rings. The van der Waals surface area contributed by atoms with Gasteiger partial charge in [0.15, 0.2) is 0 Å². The molecule has 0 radical (unpaired) electrons. The fraction of sp³-hybridized carbons (Fsp3) is 0.571. The minimum atomic E-state index is -3.93. The summed E-state index contributed by atoms with van der Waals surface area (Å²) in [5.74, 6) is -3.26. The molecule has 0 bridgehead atoms. The van der Waals surface area contributed by atoms with Crippen LogP contribution in [0, 0.1) is 0 Å². The summed E-state index contributed by atoms with van der Waals surface area (Å²) < 4.78 is 57.5. The third-order valence-corrected chi connectivity index (χ3v) is 4.37. The first-order valence-electron chi connectivity index (χ1n) is 7.32. The van der Waals surface area contributed by atoms with Crippen molar-refractivity contribution in [1.29, 1.82) is 0 Å². The van der Waals surface area contributed by atoms with Gasteiger partial charge in [-0.25, -0.2) is 0 Å². The van der Waals surface area contributed by atoms with Crippen LogP contribution in [0.25, 0.3) is 0 Å². The Morgan fingerprint density at radius 1 is 0.778 bits per heavy atom. The van der Waals surface area contributed by atoms with Gasteiger partial charge in [0.2, 0.25) is 0 Å². The van der Waals surface area contributed by atoms with E-state index in [1.807, 2.05) is 0 Å². The molecule has 0 aromatic rings. The number of rotatable bonds is 10. The Bertz CT molecular complexity index is 672. The van der Waals surface area contributed by atoms with E-state index >= 15 is 0 Å². The van der Waals surface area contributed by atoms with Gasteiger partial charge in [0.25, 0.3) is 20.2 Å². The van der Waals surface area contributed by atoms with E-state index in [1.165, 1.54) is 26.0 Å². The summed E-state index contributed by atoms with van der Waals surface area (Å²) in [6.45, 7) is 2.73. The largest absolute Gasteiger partial charge is 2.00 e. The van der Waals surface area contributed by atoms with E-state index in [0.717, 1.165) is 0 Å².